The maximum absolute atomic E-state index is 12.7. The summed E-state index contributed by atoms with van der Waals surface area (Å²) in [6, 6.07) is 0.202. The van der Waals surface area contributed by atoms with E-state index in [-0.39, 0.29) is 16.8 Å². The highest BCUT2D eigenvalue weighted by Crippen LogP contribution is 2.60. The van der Waals surface area contributed by atoms with Crippen molar-refractivity contribution in [2.75, 3.05) is 0 Å². The second-order valence-corrected chi connectivity index (χ2v) is 8.33. The molecule has 4 aliphatic rings. The number of halogens is 1. The molecule has 108 valence electrons. The van der Waals surface area contributed by atoms with Gasteiger partial charge in [-0.3, -0.25) is 4.79 Å². The highest BCUT2D eigenvalue weighted by atomic mass is 35.5. The van der Waals surface area contributed by atoms with E-state index in [1.54, 1.807) is 0 Å². The van der Waals surface area contributed by atoms with E-state index in [0.717, 1.165) is 43.4 Å². The zero-order valence-electron chi connectivity index (χ0n) is 12.1. The molecule has 2 nitrogen and oxygen atoms in total. The highest BCUT2D eigenvalue weighted by molar-refractivity contribution is 6.20. The molecule has 2 atom stereocenters. The average molecular weight is 284 g/mol. The molecule has 19 heavy (non-hydrogen) atoms. The number of amides is 1. The Hall–Kier alpha value is -0.240. The maximum Gasteiger partial charge on any atom is 0.226 e. The Balaban J connectivity index is 1.66. The van der Waals surface area contributed by atoms with Crippen LogP contribution >= 0.6 is 11.6 Å². The van der Waals surface area contributed by atoms with Gasteiger partial charge < -0.3 is 5.32 Å². The molecule has 4 fully saturated rings. The van der Waals surface area contributed by atoms with Crippen LogP contribution in [0.25, 0.3) is 0 Å². The van der Waals surface area contributed by atoms with Crippen LogP contribution in [0.1, 0.15) is 58.8 Å². The van der Waals surface area contributed by atoms with Crippen molar-refractivity contribution < 1.29 is 4.79 Å². The van der Waals surface area contributed by atoms with Gasteiger partial charge in [-0.25, -0.2) is 0 Å². The first-order valence-corrected chi connectivity index (χ1v) is 8.35. The number of hydrogen-bond acceptors (Lipinski definition) is 1. The second-order valence-electron chi connectivity index (χ2n) is 7.59. The number of carbonyl (C=O) groups excluding carboxylic acids is 1. The Kier molecular flexibility index (Phi) is 3.57. The van der Waals surface area contributed by atoms with Crippen LogP contribution < -0.4 is 5.32 Å². The zero-order valence-corrected chi connectivity index (χ0v) is 12.9. The average Bonchev–Trinajstić information content (AvgIpc) is 2.25. The number of nitrogens with one attached hydrogen (secondary N) is 1. The summed E-state index contributed by atoms with van der Waals surface area (Å²) in [6.07, 6.45) is 8.47. The van der Waals surface area contributed by atoms with Crippen molar-refractivity contribution in [1.29, 1.82) is 0 Å². The predicted molar refractivity (Wildman–Crippen MR) is 78.1 cm³/mol. The molecule has 0 radical (unpaired) electrons. The van der Waals surface area contributed by atoms with E-state index in [2.05, 4.69) is 12.2 Å². The Labute approximate surface area is 121 Å². The fourth-order valence-electron chi connectivity index (χ4n) is 5.31. The number of carbonyl (C=O) groups is 1. The first-order chi connectivity index (χ1) is 8.97. The molecular weight excluding hydrogens is 258 g/mol. The van der Waals surface area contributed by atoms with Crippen molar-refractivity contribution in [3.63, 3.8) is 0 Å². The van der Waals surface area contributed by atoms with Gasteiger partial charge in [-0.2, -0.15) is 0 Å². The molecule has 4 saturated carbocycles. The molecule has 4 aliphatic carbocycles. The van der Waals surface area contributed by atoms with Gasteiger partial charge >= 0.3 is 0 Å². The molecule has 0 aromatic heterocycles. The van der Waals surface area contributed by atoms with Crippen molar-refractivity contribution >= 4 is 17.5 Å². The first kappa shape index (κ1) is 13.7. The molecular formula is C16H26ClNO. The van der Waals surface area contributed by atoms with Crippen molar-refractivity contribution in [2.45, 2.75) is 70.2 Å². The molecule has 2 unspecified atom stereocenters. The fraction of sp³-hybridized carbons (Fsp3) is 0.938. The van der Waals surface area contributed by atoms with E-state index < -0.39 is 0 Å². The Morgan fingerprint density at radius 2 is 1.63 bits per heavy atom. The molecule has 0 aliphatic heterocycles. The minimum Gasteiger partial charge on any atom is -0.353 e. The van der Waals surface area contributed by atoms with Crippen LogP contribution in [0.15, 0.2) is 0 Å². The van der Waals surface area contributed by atoms with Gasteiger partial charge in [0.2, 0.25) is 5.91 Å². The van der Waals surface area contributed by atoms with Gasteiger partial charge in [-0.05, 0) is 76.5 Å². The third-order valence-corrected chi connectivity index (χ3v) is 5.75. The minimum absolute atomic E-state index is 0.0153. The molecule has 4 rings (SSSR count). The van der Waals surface area contributed by atoms with Gasteiger partial charge in [0.05, 0.1) is 0 Å². The summed E-state index contributed by atoms with van der Waals surface area (Å²) in [7, 11) is 0. The van der Waals surface area contributed by atoms with Crippen LogP contribution in [-0.4, -0.2) is 17.3 Å². The molecule has 1 N–H and O–H groups in total. The summed E-state index contributed by atoms with van der Waals surface area (Å²) in [6.45, 7) is 4.08. The number of hydrogen-bond donors (Lipinski definition) is 1. The van der Waals surface area contributed by atoms with Crippen molar-refractivity contribution in [3.8, 4) is 0 Å². The summed E-state index contributed by atoms with van der Waals surface area (Å²) in [5.41, 5.74) is -0.0153. The quantitative estimate of drug-likeness (QED) is 0.783. The van der Waals surface area contributed by atoms with Gasteiger partial charge in [-0.15, -0.1) is 11.6 Å². The van der Waals surface area contributed by atoms with Gasteiger partial charge in [0.25, 0.3) is 0 Å². The van der Waals surface area contributed by atoms with Gasteiger partial charge in [0, 0.05) is 16.8 Å². The molecule has 1 amide bonds. The van der Waals surface area contributed by atoms with E-state index in [1.165, 1.54) is 19.3 Å². The zero-order chi connectivity index (χ0) is 13.6. The predicted octanol–water partition coefficient (Wildman–Crippen LogP) is 3.72. The van der Waals surface area contributed by atoms with Crippen molar-refractivity contribution in [1.82, 2.24) is 5.32 Å². The molecule has 3 heteroatoms. The van der Waals surface area contributed by atoms with E-state index in [4.69, 9.17) is 11.6 Å². The fourth-order valence-corrected chi connectivity index (χ4v) is 5.58. The third-order valence-electron chi connectivity index (χ3n) is 5.58. The summed E-state index contributed by atoms with van der Waals surface area (Å²) in [5, 5.41) is 3.38. The van der Waals surface area contributed by atoms with E-state index in [0.29, 0.717) is 5.91 Å². The standard InChI is InChI=1S/C16H26ClNO/c1-10(17)3-11(2)18-15(19)16-7-12-4-13(8-16)6-14(5-12)9-16/h10-14H,3-9H2,1-2H3,(H,18,19). The van der Waals surface area contributed by atoms with Gasteiger partial charge in [-0.1, -0.05) is 0 Å². The van der Waals surface area contributed by atoms with Crippen LogP contribution in [0.2, 0.25) is 0 Å². The lowest BCUT2D eigenvalue weighted by Gasteiger charge is -2.55. The number of rotatable bonds is 4. The molecule has 0 saturated heterocycles. The smallest absolute Gasteiger partial charge is 0.226 e. The van der Waals surface area contributed by atoms with Gasteiger partial charge in [0.1, 0.15) is 0 Å². The lowest BCUT2D eigenvalue weighted by molar-refractivity contribution is -0.146. The molecule has 4 bridgehead atoms. The Bertz CT molecular complexity index is 330. The molecule has 0 aromatic carbocycles. The van der Waals surface area contributed by atoms with Gasteiger partial charge in [0.15, 0.2) is 0 Å². The second kappa shape index (κ2) is 4.95. The molecule has 0 aromatic rings. The Morgan fingerprint density at radius 1 is 1.16 bits per heavy atom. The summed E-state index contributed by atoms with van der Waals surface area (Å²) in [4.78, 5) is 12.7. The lowest BCUT2D eigenvalue weighted by atomic mass is 9.49. The lowest BCUT2D eigenvalue weighted by Crippen LogP contribution is -2.55. The van der Waals surface area contributed by atoms with Crippen LogP contribution in [0.4, 0.5) is 0 Å². The molecule has 0 spiro atoms. The summed E-state index contributed by atoms with van der Waals surface area (Å²) < 4.78 is 0. The Morgan fingerprint density at radius 3 is 2.05 bits per heavy atom. The van der Waals surface area contributed by atoms with E-state index >= 15 is 0 Å². The normalized spacial score (nSPS) is 43.0. The largest absolute Gasteiger partial charge is 0.353 e. The number of alkyl halides is 1. The van der Waals surface area contributed by atoms with Crippen LogP contribution in [0.3, 0.4) is 0 Å². The maximum atomic E-state index is 12.7. The first-order valence-electron chi connectivity index (χ1n) is 7.92. The van der Waals surface area contributed by atoms with Crippen LogP contribution in [0.5, 0.6) is 0 Å². The van der Waals surface area contributed by atoms with Crippen LogP contribution in [0, 0.1) is 23.2 Å². The van der Waals surface area contributed by atoms with E-state index in [9.17, 15) is 4.79 Å². The highest BCUT2D eigenvalue weighted by Gasteiger charge is 2.54. The molecule has 0 heterocycles. The van der Waals surface area contributed by atoms with Crippen molar-refractivity contribution in [3.05, 3.63) is 0 Å². The summed E-state index contributed by atoms with van der Waals surface area (Å²) >= 11 is 6.02. The third kappa shape index (κ3) is 2.66. The van der Waals surface area contributed by atoms with E-state index in [1.807, 2.05) is 6.92 Å². The monoisotopic (exact) mass is 283 g/mol. The topological polar surface area (TPSA) is 29.1 Å². The summed E-state index contributed by atoms with van der Waals surface area (Å²) in [5.74, 6) is 2.83. The van der Waals surface area contributed by atoms with Crippen molar-refractivity contribution in [2.24, 2.45) is 23.2 Å². The van der Waals surface area contributed by atoms with Crippen LogP contribution in [-0.2, 0) is 4.79 Å². The minimum atomic E-state index is -0.0153. The SMILES string of the molecule is CC(Cl)CC(C)NC(=O)C12CC3CC(CC(C3)C1)C2.